The van der Waals surface area contributed by atoms with Gasteiger partial charge in [-0.3, -0.25) is 10.2 Å². The smallest absolute Gasteiger partial charge is 0.263 e. The first-order valence-electron chi connectivity index (χ1n) is 9.81. The van der Waals surface area contributed by atoms with Gasteiger partial charge >= 0.3 is 0 Å². The lowest BCUT2D eigenvalue weighted by atomic mass is 9.97. The van der Waals surface area contributed by atoms with Gasteiger partial charge in [-0.05, 0) is 28.0 Å². The van der Waals surface area contributed by atoms with Crippen molar-refractivity contribution in [2.45, 2.75) is 19.0 Å². The first-order valence-corrected chi connectivity index (χ1v) is 10.7. The third-order valence-corrected chi connectivity index (χ3v) is 6.14. The second kappa shape index (κ2) is 7.72. The molecule has 1 amide bonds. The van der Waals surface area contributed by atoms with Crippen molar-refractivity contribution in [2.24, 2.45) is 5.10 Å². The van der Waals surface area contributed by atoms with Gasteiger partial charge in [-0.2, -0.15) is 5.10 Å². The fourth-order valence-corrected chi connectivity index (χ4v) is 4.46. The Hall–Kier alpha value is -3.51. The van der Waals surface area contributed by atoms with Crippen LogP contribution in [0.3, 0.4) is 0 Å². The molecule has 5 nitrogen and oxygen atoms in total. The molecule has 5 rings (SSSR count). The van der Waals surface area contributed by atoms with Crippen LogP contribution in [-0.2, 0) is 11.3 Å². The molecule has 6 heteroatoms. The predicted octanol–water partition coefficient (Wildman–Crippen LogP) is 4.56. The van der Waals surface area contributed by atoms with Crippen LogP contribution in [0, 0.1) is 5.41 Å². The molecule has 148 valence electrons. The monoisotopic (exact) mass is 412 g/mol. The van der Waals surface area contributed by atoms with Gasteiger partial charge in [0.2, 0.25) is 0 Å². The molecule has 30 heavy (non-hydrogen) atoms. The van der Waals surface area contributed by atoms with Crippen LogP contribution < -0.4 is 4.80 Å². The maximum absolute atomic E-state index is 13.2. The number of hydrogen-bond donors (Lipinski definition) is 1. The number of benzene rings is 3. The van der Waals surface area contributed by atoms with Gasteiger partial charge in [0.1, 0.15) is 6.54 Å². The zero-order chi connectivity index (χ0) is 20.5. The molecule has 1 N–H and O–H groups in total. The highest BCUT2D eigenvalue weighted by Crippen LogP contribution is 2.33. The van der Waals surface area contributed by atoms with Gasteiger partial charge in [0, 0.05) is 18.0 Å². The SMILES string of the molecule is N=c1sccn1CC(=O)N1N=C(c2ccc3ccccc3c2)CC1c1ccccc1. The summed E-state index contributed by atoms with van der Waals surface area (Å²) < 4.78 is 1.65. The number of nitrogens with one attached hydrogen (secondary N) is 1. The predicted molar refractivity (Wildman–Crippen MR) is 119 cm³/mol. The molecule has 1 aliphatic rings. The third kappa shape index (κ3) is 3.46. The molecule has 0 bridgehead atoms. The number of fused-ring (bicyclic) bond motifs is 1. The van der Waals surface area contributed by atoms with E-state index in [9.17, 15) is 4.79 Å². The molecule has 0 spiro atoms. The Morgan fingerprint density at radius 2 is 1.80 bits per heavy atom. The summed E-state index contributed by atoms with van der Waals surface area (Å²) in [4.78, 5) is 13.5. The molecule has 2 heterocycles. The minimum Gasteiger partial charge on any atom is -0.315 e. The van der Waals surface area contributed by atoms with Crippen molar-refractivity contribution in [1.29, 1.82) is 5.41 Å². The van der Waals surface area contributed by atoms with E-state index in [4.69, 9.17) is 10.5 Å². The van der Waals surface area contributed by atoms with Crippen molar-refractivity contribution in [1.82, 2.24) is 9.58 Å². The molecule has 1 unspecified atom stereocenters. The van der Waals surface area contributed by atoms with E-state index in [0.29, 0.717) is 11.2 Å². The number of nitrogens with zero attached hydrogens (tertiary/aromatic N) is 3. The Labute approximate surface area is 178 Å². The normalized spacial score (nSPS) is 16.1. The molecule has 1 atom stereocenters. The summed E-state index contributed by atoms with van der Waals surface area (Å²) in [7, 11) is 0. The Morgan fingerprint density at radius 3 is 2.57 bits per heavy atom. The molecule has 0 fully saturated rings. The number of thiazole rings is 1. The fraction of sp³-hybridized carbons (Fsp3) is 0.125. The van der Waals surface area contributed by atoms with E-state index < -0.39 is 0 Å². The summed E-state index contributed by atoms with van der Waals surface area (Å²) in [5, 5.41) is 18.5. The molecule has 1 aliphatic heterocycles. The lowest BCUT2D eigenvalue weighted by molar-refractivity contribution is -0.133. The summed E-state index contributed by atoms with van der Waals surface area (Å²) in [6, 6.07) is 24.4. The van der Waals surface area contributed by atoms with Crippen molar-refractivity contribution in [3.8, 4) is 0 Å². The minimum absolute atomic E-state index is 0.111. The van der Waals surface area contributed by atoms with E-state index in [2.05, 4.69) is 30.3 Å². The summed E-state index contributed by atoms with van der Waals surface area (Å²) >= 11 is 1.31. The van der Waals surface area contributed by atoms with Gasteiger partial charge in [0.25, 0.3) is 5.91 Å². The van der Waals surface area contributed by atoms with Crippen molar-refractivity contribution in [2.75, 3.05) is 0 Å². The molecule has 4 aromatic rings. The van der Waals surface area contributed by atoms with E-state index in [1.54, 1.807) is 15.8 Å². The Kier molecular flexibility index (Phi) is 4.77. The van der Waals surface area contributed by atoms with Crippen LogP contribution in [0.2, 0.25) is 0 Å². The number of carbonyl (C=O) groups is 1. The van der Waals surface area contributed by atoms with Crippen LogP contribution in [0.15, 0.2) is 89.5 Å². The Bertz CT molecular complexity index is 1310. The maximum Gasteiger partial charge on any atom is 0.263 e. The van der Waals surface area contributed by atoms with E-state index in [1.807, 2.05) is 47.8 Å². The van der Waals surface area contributed by atoms with Crippen LogP contribution in [0.1, 0.15) is 23.6 Å². The molecular formula is C24H20N4OS. The molecule has 3 aromatic carbocycles. The highest BCUT2D eigenvalue weighted by atomic mass is 32.1. The fourth-order valence-electron chi connectivity index (χ4n) is 3.86. The number of carbonyl (C=O) groups excluding carboxylic acids is 1. The summed E-state index contributed by atoms with van der Waals surface area (Å²) in [5.41, 5.74) is 3.01. The standard InChI is InChI=1S/C24H20N4OS/c25-24-27(12-13-30-24)16-23(29)28-22(18-7-2-1-3-8-18)15-21(26-28)20-11-10-17-6-4-5-9-19(17)14-20/h1-14,22,25H,15-16H2. The Morgan fingerprint density at radius 1 is 1.03 bits per heavy atom. The maximum atomic E-state index is 13.2. The van der Waals surface area contributed by atoms with Gasteiger partial charge in [-0.15, -0.1) is 11.3 Å². The lowest BCUT2D eigenvalue weighted by Crippen LogP contribution is -2.32. The zero-order valence-electron chi connectivity index (χ0n) is 16.2. The zero-order valence-corrected chi connectivity index (χ0v) is 17.0. The number of amides is 1. The topological polar surface area (TPSA) is 61.5 Å². The first kappa shape index (κ1) is 18.5. The van der Waals surface area contributed by atoms with Gasteiger partial charge < -0.3 is 4.57 Å². The molecule has 0 saturated carbocycles. The van der Waals surface area contributed by atoms with Crippen molar-refractivity contribution < 1.29 is 4.79 Å². The van der Waals surface area contributed by atoms with Gasteiger partial charge in [0.15, 0.2) is 4.80 Å². The highest BCUT2D eigenvalue weighted by molar-refractivity contribution is 7.06. The number of hydrogen-bond acceptors (Lipinski definition) is 4. The quantitative estimate of drug-likeness (QED) is 0.525. The summed E-state index contributed by atoms with van der Waals surface area (Å²) in [5.74, 6) is -0.114. The highest BCUT2D eigenvalue weighted by Gasteiger charge is 2.33. The average Bonchev–Trinajstić information content (AvgIpc) is 3.41. The Balaban J connectivity index is 1.51. The first-order chi connectivity index (χ1) is 14.7. The van der Waals surface area contributed by atoms with Crippen LogP contribution >= 0.6 is 11.3 Å². The van der Waals surface area contributed by atoms with Gasteiger partial charge in [0.05, 0.1) is 11.8 Å². The van der Waals surface area contributed by atoms with E-state index in [-0.39, 0.29) is 18.5 Å². The molecular weight excluding hydrogens is 392 g/mol. The van der Waals surface area contributed by atoms with Gasteiger partial charge in [-0.1, -0.05) is 66.7 Å². The minimum atomic E-state index is -0.145. The van der Waals surface area contributed by atoms with E-state index >= 15 is 0 Å². The third-order valence-electron chi connectivity index (χ3n) is 5.42. The number of rotatable bonds is 4. The van der Waals surface area contributed by atoms with Crippen LogP contribution in [-0.4, -0.2) is 21.2 Å². The second-order valence-electron chi connectivity index (χ2n) is 7.31. The second-order valence-corrected chi connectivity index (χ2v) is 8.21. The molecule has 1 aromatic heterocycles. The van der Waals surface area contributed by atoms with E-state index in [0.717, 1.165) is 22.2 Å². The molecule has 0 radical (unpaired) electrons. The van der Waals surface area contributed by atoms with Crippen LogP contribution in [0.4, 0.5) is 0 Å². The lowest BCUT2D eigenvalue weighted by Gasteiger charge is -2.22. The number of aromatic nitrogens is 1. The van der Waals surface area contributed by atoms with Crippen molar-refractivity contribution in [3.05, 3.63) is 100 Å². The van der Waals surface area contributed by atoms with Crippen molar-refractivity contribution >= 4 is 33.7 Å². The van der Waals surface area contributed by atoms with Crippen molar-refractivity contribution in [3.63, 3.8) is 0 Å². The molecule has 0 saturated heterocycles. The molecule has 0 aliphatic carbocycles. The largest absolute Gasteiger partial charge is 0.315 e. The average molecular weight is 413 g/mol. The van der Waals surface area contributed by atoms with E-state index in [1.165, 1.54) is 16.7 Å². The van der Waals surface area contributed by atoms with Crippen LogP contribution in [0.5, 0.6) is 0 Å². The number of hydrazone groups is 1. The van der Waals surface area contributed by atoms with Gasteiger partial charge in [-0.25, -0.2) is 5.01 Å². The summed E-state index contributed by atoms with van der Waals surface area (Å²) in [6.07, 6.45) is 2.43. The summed E-state index contributed by atoms with van der Waals surface area (Å²) in [6.45, 7) is 0.111. The van der Waals surface area contributed by atoms with Crippen LogP contribution in [0.25, 0.3) is 10.8 Å².